The monoisotopic (exact) mass is 475 g/mol. The predicted molar refractivity (Wildman–Crippen MR) is 139 cm³/mol. The van der Waals surface area contributed by atoms with E-state index in [-0.39, 0.29) is 12.3 Å². The Morgan fingerprint density at radius 3 is 1.97 bits per heavy atom. The van der Waals surface area contributed by atoms with E-state index in [1.807, 2.05) is 116 Å². The lowest BCUT2D eigenvalue weighted by Gasteiger charge is -2.16. The number of esters is 1. The molecule has 0 aliphatic carbocycles. The molecule has 0 bridgehead atoms. The Labute approximate surface area is 209 Å². The minimum atomic E-state index is -0.531. The Hall–Kier alpha value is -4.64. The van der Waals surface area contributed by atoms with Crippen molar-refractivity contribution in [3.8, 4) is 17.2 Å². The van der Waals surface area contributed by atoms with Crippen LogP contribution in [0.5, 0.6) is 17.2 Å². The van der Waals surface area contributed by atoms with Crippen molar-refractivity contribution in [3.05, 3.63) is 132 Å². The summed E-state index contributed by atoms with van der Waals surface area (Å²) in [5.74, 6) is 1.27. The summed E-state index contributed by atoms with van der Waals surface area (Å²) >= 11 is 0. The molecule has 1 aromatic heterocycles. The predicted octanol–water partition coefficient (Wildman–Crippen LogP) is 7.27. The molecule has 0 N–H and O–H groups in total. The lowest BCUT2D eigenvalue weighted by Crippen LogP contribution is -2.12. The van der Waals surface area contributed by atoms with Gasteiger partial charge < -0.3 is 14.2 Å². The van der Waals surface area contributed by atoms with E-state index in [1.165, 1.54) is 0 Å². The molecule has 0 fully saturated rings. The fourth-order valence-electron chi connectivity index (χ4n) is 3.92. The third-order valence-corrected chi connectivity index (χ3v) is 5.73. The molecule has 4 aromatic carbocycles. The van der Waals surface area contributed by atoms with Gasteiger partial charge in [0.05, 0.1) is 0 Å². The number of ether oxygens (including phenoxy) is 3. The molecule has 0 aliphatic rings. The van der Waals surface area contributed by atoms with Gasteiger partial charge in [-0.25, -0.2) is 9.78 Å². The van der Waals surface area contributed by atoms with E-state index in [1.54, 1.807) is 0 Å². The van der Waals surface area contributed by atoms with Crippen molar-refractivity contribution >= 4 is 16.7 Å². The Kier molecular flexibility index (Phi) is 6.90. The van der Waals surface area contributed by atoms with E-state index >= 15 is 0 Å². The first-order valence-corrected chi connectivity index (χ1v) is 11.7. The fourth-order valence-corrected chi connectivity index (χ4v) is 3.92. The van der Waals surface area contributed by atoms with Crippen molar-refractivity contribution in [2.24, 2.45) is 0 Å². The van der Waals surface area contributed by atoms with Gasteiger partial charge >= 0.3 is 5.97 Å². The quantitative estimate of drug-likeness (QED) is 0.221. The SMILES string of the molecule is Cc1nc(C(=O)OCc2ccccc2)c(OCc2ccccc2)c2ccc(Oc3ccccc3)cc12. The highest BCUT2D eigenvalue weighted by Gasteiger charge is 2.22. The number of pyridine rings is 1. The summed E-state index contributed by atoms with van der Waals surface area (Å²) in [4.78, 5) is 17.8. The first-order valence-electron chi connectivity index (χ1n) is 11.7. The van der Waals surface area contributed by atoms with Crippen LogP contribution in [0.25, 0.3) is 10.8 Å². The summed E-state index contributed by atoms with van der Waals surface area (Å²) in [6, 6.07) is 34.6. The van der Waals surface area contributed by atoms with Crippen LogP contribution in [-0.4, -0.2) is 11.0 Å². The van der Waals surface area contributed by atoms with Gasteiger partial charge in [-0.3, -0.25) is 0 Å². The molecule has 0 saturated heterocycles. The van der Waals surface area contributed by atoms with Crippen LogP contribution >= 0.6 is 0 Å². The number of carbonyl (C=O) groups excluding carboxylic acids is 1. The fraction of sp³-hybridized carbons (Fsp3) is 0.0968. The molecule has 0 atom stereocenters. The molecule has 0 saturated carbocycles. The molecular weight excluding hydrogens is 450 g/mol. The maximum Gasteiger partial charge on any atom is 0.361 e. The molecule has 0 aliphatic heterocycles. The summed E-state index contributed by atoms with van der Waals surface area (Å²) in [5.41, 5.74) is 2.72. The molecule has 1 heterocycles. The van der Waals surface area contributed by atoms with Crippen LogP contribution in [0.1, 0.15) is 27.3 Å². The number of benzene rings is 4. The molecule has 36 heavy (non-hydrogen) atoms. The molecule has 5 rings (SSSR count). The molecule has 5 nitrogen and oxygen atoms in total. The van der Waals surface area contributed by atoms with Crippen molar-refractivity contribution in [2.45, 2.75) is 20.1 Å². The summed E-state index contributed by atoms with van der Waals surface area (Å²) in [7, 11) is 0. The normalized spacial score (nSPS) is 10.7. The van der Waals surface area contributed by atoms with E-state index in [9.17, 15) is 4.79 Å². The van der Waals surface area contributed by atoms with E-state index in [0.717, 1.165) is 27.6 Å². The van der Waals surface area contributed by atoms with Crippen LogP contribution in [0.4, 0.5) is 0 Å². The average molecular weight is 476 g/mol. The van der Waals surface area contributed by atoms with Gasteiger partial charge in [-0.05, 0) is 48.4 Å². The van der Waals surface area contributed by atoms with Crippen LogP contribution in [0.15, 0.2) is 109 Å². The van der Waals surface area contributed by atoms with E-state index in [2.05, 4.69) is 4.98 Å². The highest BCUT2D eigenvalue weighted by atomic mass is 16.5. The molecule has 0 radical (unpaired) electrons. The number of hydrogen-bond donors (Lipinski definition) is 0. The standard InChI is InChI=1S/C31H25NO4/c1-22-28-19-26(36-25-15-9-4-10-16-25)17-18-27(28)30(34-20-23-11-5-2-6-12-23)29(32-22)31(33)35-21-24-13-7-3-8-14-24/h2-19H,20-21H2,1H3. The Bertz CT molecular complexity index is 1470. The van der Waals surface area contributed by atoms with Gasteiger partial charge in [0.2, 0.25) is 0 Å². The van der Waals surface area contributed by atoms with Crippen LogP contribution in [-0.2, 0) is 18.0 Å². The minimum absolute atomic E-state index is 0.153. The van der Waals surface area contributed by atoms with Crippen molar-refractivity contribution in [2.75, 3.05) is 0 Å². The molecule has 5 aromatic rings. The van der Waals surface area contributed by atoms with Crippen LogP contribution in [0.2, 0.25) is 0 Å². The van der Waals surface area contributed by atoms with Crippen LogP contribution in [0.3, 0.4) is 0 Å². The number of rotatable bonds is 8. The number of aromatic nitrogens is 1. The first kappa shape index (κ1) is 23.1. The van der Waals surface area contributed by atoms with Crippen LogP contribution in [0, 0.1) is 6.92 Å². The maximum atomic E-state index is 13.2. The topological polar surface area (TPSA) is 57.7 Å². The van der Waals surface area contributed by atoms with Crippen LogP contribution < -0.4 is 9.47 Å². The zero-order valence-electron chi connectivity index (χ0n) is 19.9. The third-order valence-electron chi connectivity index (χ3n) is 5.73. The van der Waals surface area contributed by atoms with Crippen molar-refractivity contribution in [3.63, 3.8) is 0 Å². The second-order valence-corrected chi connectivity index (χ2v) is 8.33. The Morgan fingerprint density at radius 2 is 1.31 bits per heavy atom. The molecule has 0 amide bonds. The van der Waals surface area contributed by atoms with E-state index in [4.69, 9.17) is 14.2 Å². The van der Waals surface area contributed by atoms with Gasteiger partial charge in [0.1, 0.15) is 24.7 Å². The number of para-hydroxylation sites is 1. The highest BCUT2D eigenvalue weighted by Crippen LogP contribution is 2.35. The van der Waals surface area contributed by atoms with Gasteiger partial charge in [-0.15, -0.1) is 0 Å². The second-order valence-electron chi connectivity index (χ2n) is 8.33. The summed E-state index contributed by atoms with van der Waals surface area (Å²) in [5, 5.41) is 1.61. The molecule has 0 unspecified atom stereocenters. The van der Waals surface area contributed by atoms with Crippen molar-refractivity contribution < 1.29 is 19.0 Å². The van der Waals surface area contributed by atoms with E-state index < -0.39 is 5.97 Å². The zero-order valence-corrected chi connectivity index (χ0v) is 19.9. The largest absolute Gasteiger partial charge is 0.486 e. The van der Waals surface area contributed by atoms with Gasteiger partial charge in [0, 0.05) is 16.5 Å². The smallest absolute Gasteiger partial charge is 0.361 e. The highest BCUT2D eigenvalue weighted by molar-refractivity contribution is 6.00. The molecule has 178 valence electrons. The number of nitrogens with zero attached hydrogens (tertiary/aromatic N) is 1. The van der Waals surface area contributed by atoms with Crippen molar-refractivity contribution in [1.29, 1.82) is 0 Å². The lowest BCUT2D eigenvalue weighted by atomic mass is 10.1. The number of aryl methyl sites for hydroxylation is 1. The average Bonchev–Trinajstić information content (AvgIpc) is 2.93. The van der Waals surface area contributed by atoms with Crippen molar-refractivity contribution in [1.82, 2.24) is 4.98 Å². The summed E-state index contributed by atoms with van der Waals surface area (Å²) in [6.07, 6.45) is 0. The first-order chi connectivity index (χ1) is 17.7. The van der Waals surface area contributed by atoms with E-state index in [0.29, 0.717) is 23.8 Å². The third kappa shape index (κ3) is 5.36. The van der Waals surface area contributed by atoms with Gasteiger partial charge in [-0.1, -0.05) is 78.9 Å². The molecule has 0 spiro atoms. The van der Waals surface area contributed by atoms with Gasteiger partial charge in [-0.2, -0.15) is 0 Å². The number of hydrogen-bond acceptors (Lipinski definition) is 5. The summed E-state index contributed by atoms with van der Waals surface area (Å²) in [6.45, 7) is 2.31. The van der Waals surface area contributed by atoms with Gasteiger partial charge in [0.15, 0.2) is 11.4 Å². The summed E-state index contributed by atoms with van der Waals surface area (Å²) < 4.78 is 17.8. The minimum Gasteiger partial charge on any atom is -0.486 e. The Morgan fingerprint density at radius 1 is 0.694 bits per heavy atom. The number of carbonyl (C=O) groups is 1. The number of fused-ring (bicyclic) bond motifs is 1. The zero-order chi connectivity index (χ0) is 24.7. The second kappa shape index (κ2) is 10.7. The maximum absolute atomic E-state index is 13.2. The Balaban J connectivity index is 1.50. The molecular formula is C31H25NO4. The molecule has 5 heteroatoms. The lowest BCUT2D eigenvalue weighted by molar-refractivity contribution is 0.0460. The van der Waals surface area contributed by atoms with Gasteiger partial charge in [0.25, 0.3) is 0 Å².